The van der Waals surface area contributed by atoms with E-state index in [4.69, 9.17) is 5.73 Å². The minimum Gasteiger partial charge on any atom is -0.328 e. The van der Waals surface area contributed by atoms with Crippen LogP contribution in [-0.2, 0) is 0 Å². The minimum atomic E-state index is 0.369. The van der Waals surface area contributed by atoms with Crippen LogP contribution >= 0.6 is 0 Å². The summed E-state index contributed by atoms with van der Waals surface area (Å²) in [6.45, 7) is 8.07. The van der Waals surface area contributed by atoms with Gasteiger partial charge in [-0.25, -0.2) is 0 Å². The lowest BCUT2D eigenvalue weighted by atomic mass is 10.0. The molecule has 1 aliphatic rings. The first-order chi connectivity index (χ1) is 8.58. The number of nitrogens with one attached hydrogen (secondary N) is 1. The average Bonchev–Trinajstić information content (AvgIpc) is 2.51. The van der Waals surface area contributed by atoms with Crippen molar-refractivity contribution < 1.29 is 0 Å². The van der Waals surface area contributed by atoms with Gasteiger partial charge in [0, 0.05) is 12.1 Å². The van der Waals surface area contributed by atoms with Crippen molar-refractivity contribution in [1.29, 1.82) is 0 Å². The van der Waals surface area contributed by atoms with Crippen LogP contribution in [0.1, 0.15) is 72.1 Å². The highest BCUT2D eigenvalue weighted by Crippen LogP contribution is 2.22. The molecule has 0 bridgehead atoms. The van der Waals surface area contributed by atoms with Gasteiger partial charge in [-0.3, -0.25) is 0 Å². The van der Waals surface area contributed by atoms with Crippen molar-refractivity contribution in [3.05, 3.63) is 0 Å². The summed E-state index contributed by atoms with van der Waals surface area (Å²) in [5, 5.41) is 3.79. The Bertz CT molecular complexity index is 203. The Balaban J connectivity index is 2.08. The molecule has 0 radical (unpaired) electrons. The van der Waals surface area contributed by atoms with Crippen molar-refractivity contribution in [3.8, 4) is 0 Å². The summed E-state index contributed by atoms with van der Waals surface area (Å²) in [7, 11) is 0. The molecular formula is C16H34N2. The van der Waals surface area contributed by atoms with Gasteiger partial charge in [-0.15, -0.1) is 0 Å². The van der Waals surface area contributed by atoms with Crippen LogP contribution in [0.4, 0.5) is 0 Å². The van der Waals surface area contributed by atoms with Gasteiger partial charge in [-0.2, -0.15) is 0 Å². The fraction of sp³-hybridized carbons (Fsp3) is 1.00. The second kappa shape index (κ2) is 8.92. The molecule has 4 atom stereocenters. The lowest BCUT2D eigenvalue weighted by Gasteiger charge is -2.20. The molecule has 0 aromatic heterocycles. The zero-order chi connectivity index (χ0) is 13.4. The Morgan fingerprint density at radius 2 is 1.89 bits per heavy atom. The molecule has 2 heteroatoms. The Morgan fingerprint density at radius 3 is 2.61 bits per heavy atom. The molecule has 4 unspecified atom stereocenters. The summed E-state index contributed by atoms with van der Waals surface area (Å²) in [6, 6.07) is 1.15. The molecule has 0 aromatic rings. The normalized spacial score (nSPS) is 28.7. The molecule has 0 heterocycles. The molecule has 1 saturated carbocycles. The lowest BCUT2D eigenvalue weighted by molar-refractivity contribution is 0.387. The van der Waals surface area contributed by atoms with Crippen molar-refractivity contribution in [1.82, 2.24) is 5.32 Å². The van der Waals surface area contributed by atoms with Crippen LogP contribution < -0.4 is 11.1 Å². The van der Waals surface area contributed by atoms with Crippen LogP contribution in [0.15, 0.2) is 0 Å². The fourth-order valence-electron chi connectivity index (χ4n) is 2.95. The Labute approximate surface area is 114 Å². The van der Waals surface area contributed by atoms with E-state index in [1.165, 1.54) is 57.9 Å². The van der Waals surface area contributed by atoms with Gasteiger partial charge in [0.05, 0.1) is 0 Å². The van der Waals surface area contributed by atoms with Crippen LogP contribution in [0, 0.1) is 11.8 Å². The Kier molecular flexibility index (Phi) is 7.92. The first-order valence-electron chi connectivity index (χ1n) is 8.07. The van der Waals surface area contributed by atoms with Crippen molar-refractivity contribution in [2.45, 2.75) is 84.2 Å². The molecule has 0 aromatic carbocycles. The highest BCUT2D eigenvalue weighted by molar-refractivity contribution is 4.74. The van der Waals surface area contributed by atoms with Gasteiger partial charge in [0.2, 0.25) is 0 Å². The molecule has 108 valence electrons. The second-order valence-corrected chi connectivity index (χ2v) is 6.73. The van der Waals surface area contributed by atoms with Crippen molar-refractivity contribution in [2.24, 2.45) is 17.6 Å². The molecule has 1 aliphatic carbocycles. The number of hydrogen-bond acceptors (Lipinski definition) is 2. The SMILES string of the molecule is CC(N)CCCC(C)CNC1CCCC(C)CC1. The van der Waals surface area contributed by atoms with E-state index in [1.807, 2.05) is 0 Å². The van der Waals surface area contributed by atoms with Crippen LogP contribution in [0.2, 0.25) is 0 Å². The quantitative estimate of drug-likeness (QED) is 0.680. The maximum Gasteiger partial charge on any atom is 0.00672 e. The molecular weight excluding hydrogens is 220 g/mol. The van der Waals surface area contributed by atoms with E-state index in [2.05, 4.69) is 26.1 Å². The maximum absolute atomic E-state index is 5.78. The summed E-state index contributed by atoms with van der Waals surface area (Å²) in [6.07, 6.45) is 10.8. The van der Waals surface area contributed by atoms with Crippen molar-refractivity contribution >= 4 is 0 Å². The fourth-order valence-corrected chi connectivity index (χ4v) is 2.95. The van der Waals surface area contributed by atoms with Gasteiger partial charge >= 0.3 is 0 Å². The van der Waals surface area contributed by atoms with Crippen LogP contribution in [0.5, 0.6) is 0 Å². The molecule has 0 saturated heterocycles. The van der Waals surface area contributed by atoms with E-state index >= 15 is 0 Å². The number of rotatable bonds is 7. The minimum absolute atomic E-state index is 0.369. The van der Waals surface area contributed by atoms with Crippen molar-refractivity contribution in [2.75, 3.05) is 6.54 Å². The van der Waals surface area contributed by atoms with Gasteiger partial charge in [-0.05, 0) is 57.4 Å². The molecule has 0 amide bonds. The number of hydrogen-bond donors (Lipinski definition) is 2. The largest absolute Gasteiger partial charge is 0.328 e. The van der Waals surface area contributed by atoms with Crippen molar-refractivity contribution in [3.63, 3.8) is 0 Å². The number of nitrogens with two attached hydrogens (primary N) is 1. The van der Waals surface area contributed by atoms with Gasteiger partial charge in [0.25, 0.3) is 0 Å². The first kappa shape index (κ1) is 16.0. The summed E-state index contributed by atoms with van der Waals surface area (Å²) >= 11 is 0. The Hall–Kier alpha value is -0.0800. The average molecular weight is 254 g/mol. The second-order valence-electron chi connectivity index (χ2n) is 6.73. The zero-order valence-corrected chi connectivity index (χ0v) is 12.8. The van der Waals surface area contributed by atoms with E-state index in [9.17, 15) is 0 Å². The van der Waals surface area contributed by atoms with E-state index < -0.39 is 0 Å². The van der Waals surface area contributed by atoms with E-state index in [-0.39, 0.29) is 0 Å². The summed E-state index contributed by atoms with van der Waals surface area (Å²) in [5.74, 6) is 1.74. The molecule has 18 heavy (non-hydrogen) atoms. The van der Waals surface area contributed by atoms with Crippen LogP contribution in [0.25, 0.3) is 0 Å². The Morgan fingerprint density at radius 1 is 1.11 bits per heavy atom. The highest BCUT2D eigenvalue weighted by atomic mass is 14.9. The van der Waals surface area contributed by atoms with Crippen LogP contribution in [0.3, 0.4) is 0 Å². The molecule has 0 aliphatic heterocycles. The van der Waals surface area contributed by atoms with Gasteiger partial charge in [-0.1, -0.05) is 33.1 Å². The van der Waals surface area contributed by atoms with E-state index in [1.54, 1.807) is 0 Å². The van der Waals surface area contributed by atoms with Crippen LogP contribution in [-0.4, -0.2) is 18.6 Å². The standard InChI is InChI=1S/C16H34N2/c1-13-6-5-9-16(11-10-13)18-12-14(2)7-4-8-15(3)17/h13-16,18H,4-12,17H2,1-3H3. The molecule has 1 fully saturated rings. The topological polar surface area (TPSA) is 38.0 Å². The highest BCUT2D eigenvalue weighted by Gasteiger charge is 2.16. The van der Waals surface area contributed by atoms with E-state index in [0.717, 1.165) is 17.9 Å². The van der Waals surface area contributed by atoms with Gasteiger partial charge in [0.1, 0.15) is 0 Å². The maximum atomic E-state index is 5.78. The van der Waals surface area contributed by atoms with Gasteiger partial charge in [0.15, 0.2) is 0 Å². The third-order valence-corrected chi connectivity index (χ3v) is 4.37. The zero-order valence-electron chi connectivity index (χ0n) is 12.8. The predicted octanol–water partition coefficient (Wildman–Crippen LogP) is 3.70. The molecule has 0 spiro atoms. The predicted molar refractivity (Wildman–Crippen MR) is 80.7 cm³/mol. The molecule has 3 N–H and O–H groups in total. The van der Waals surface area contributed by atoms with E-state index in [0.29, 0.717) is 6.04 Å². The monoisotopic (exact) mass is 254 g/mol. The molecule has 2 nitrogen and oxygen atoms in total. The lowest BCUT2D eigenvalue weighted by Crippen LogP contribution is -2.32. The smallest absolute Gasteiger partial charge is 0.00672 e. The third kappa shape index (κ3) is 7.38. The summed E-state index contributed by atoms with van der Waals surface area (Å²) in [5.41, 5.74) is 5.78. The van der Waals surface area contributed by atoms with Gasteiger partial charge < -0.3 is 11.1 Å². The summed E-state index contributed by atoms with van der Waals surface area (Å²) < 4.78 is 0. The summed E-state index contributed by atoms with van der Waals surface area (Å²) in [4.78, 5) is 0. The third-order valence-electron chi connectivity index (χ3n) is 4.37. The first-order valence-corrected chi connectivity index (χ1v) is 8.07. The molecule has 1 rings (SSSR count).